The summed E-state index contributed by atoms with van der Waals surface area (Å²) < 4.78 is 6.89. The number of halogens is 2. The minimum Gasteiger partial charge on any atom is -0.464 e. The quantitative estimate of drug-likeness (QED) is 0.630. The molecule has 1 aromatic carbocycles. The summed E-state index contributed by atoms with van der Waals surface area (Å²) in [5.74, 6) is 0.324. The number of benzene rings is 1. The van der Waals surface area contributed by atoms with Crippen LogP contribution in [0.1, 0.15) is 38.0 Å². The first-order chi connectivity index (χ1) is 9.45. The van der Waals surface area contributed by atoms with Crippen LogP contribution in [0.15, 0.2) is 18.2 Å². The first-order valence-electron chi connectivity index (χ1n) is 6.43. The van der Waals surface area contributed by atoms with Gasteiger partial charge in [0, 0.05) is 5.02 Å². The highest BCUT2D eigenvalue weighted by Crippen LogP contribution is 2.29. The molecular weight excluding hydrogens is 299 g/mol. The van der Waals surface area contributed by atoms with Crippen LogP contribution in [-0.2, 0) is 9.53 Å². The standard InChI is InChI=1S/C14H16Cl2N2O2/c1-4-20-14(19)9(3)18-12-6-5-10(16)7-11(12)17-13(18)8(2)15/h5-9H,4H2,1-3H3. The smallest absolute Gasteiger partial charge is 0.328 e. The fourth-order valence-corrected chi connectivity index (χ4v) is 2.47. The van der Waals surface area contributed by atoms with E-state index in [-0.39, 0.29) is 11.3 Å². The van der Waals surface area contributed by atoms with Crippen molar-refractivity contribution in [3.05, 3.63) is 29.0 Å². The molecule has 108 valence electrons. The van der Waals surface area contributed by atoms with Crippen molar-refractivity contribution in [3.8, 4) is 0 Å². The molecule has 20 heavy (non-hydrogen) atoms. The van der Waals surface area contributed by atoms with E-state index < -0.39 is 6.04 Å². The fraction of sp³-hybridized carbons (Fsp3) is 0.429. The van der Waals surface area contributed by atoms with Gasteiger partial charge in [-0.2, -0.15) is 0 Å². The molecular formula is C14H16Cl2N2O2. The summed E-state index contributed by atoms with van der Waals surface area (Å²) in [7, 11) is 0. The lowest BCUT2D eigenvalue weighted by molar-refractivity contribution is -0.146. The summed E-state index contributed by atoms with van der Waals surface area (Å²) in [5.41, 5.74) is 1.54. The molecule has 0 aliphatic carbocycles. The minimum atomic E-state index is -0.489. The van der Waals surface area contributed by atoms with Crippen LogP contribution in [0.4, 0.5) is 0 Å². The lowest BCUT2D eigenvalue weighted by atomic mass is 10.2. The number of ether oxygens (including phenoxy) is 1. The summed E-state index contributed by atoms with van der Waals surface area (Å²) in [6.45, 7) is 5.71. The highest BCUT2D eigenvalue weighted by Gasteiger charge is 2.24. The van der Waals surface area contributed by atoms with Crippen LogP contribution in [0, 0.1) is 0 Å². The molecule has 6 heteroatoms. The molecule has 1 heterocycles. The molecule has 0 amide bonds. The number of carbonyl (C=O) groups excluding carboxylic acids is 1. The molecule has 0 fully saturated rings. The second-order valence-corrected chi connectivity index (χ2v) is 5.61. The summed E-state index contributed by atoms with van der Waals surface area (Å²) in [4.78, 5) is 16.5. The first-order valence-corrected chi connectivity index (χ1v) is 7.25. The number of rotatable bonds is 4. The van der Waals surface area contributed by atoms with Gasteiger partial charge in [0.2, 0.25) is 0 Å². The molecule has 0 aliphatic rings. The average molecular weight is 315 g/mol. The lowest BCUT2D eigenvalue weighted by Gasteiger charge is -2.17. The SMILES string of the molecule is CCOC(=O)C(C)n1c(C(C)Cl)nc2cc(Cl)ccc21. The van der Waals surface area contributed by atoms with E-state index in [4.69, 9.17) is 27.9 Å². The Kier molecular flexibility index (Phi) is 4.55. The zero-order valence-corrected chi connectivity index (χ0v) is 13.1. The Morgan fingerprint density at radius 1 is 1.45 bits per heavy atom. The summed E-state index contributed by atoms with van der Waals surface area (Å²) >= 11 is 12.2. The van der Waals surface area contributed by atoms with Crippen molar-refractivity contribution >= 4 is 40.2 Å². The van der Waals surface area contributed by atoms with Gasteiger partial charge in [0.15, 0.2) is 0 Å². The minimum absolute atomic E-state index is 0.305. The van der Waals surface area contributed by atoms with Crippen molar-refractivity contribution < 1.29 is 9.53 Å². The topological polar surface area (TPSA) is 44.1 Å². The molecule has 0 radical (unpaired) electrons. The molecule has 0 bridgehead atoms. The molecule has 0 saturated carbocycles. The number of hydrogen-bond acceptors (Lipinski definition) is 3. The van der Waals surface area contributed by atoms with E-state index in [1.54, 1.807) is 30.5 Å². The van der Waals surface area contributed by atoms with Crippen LogP contribution in [0.25, 0.3) is 11.0 Å². The Bertz CT molecular complexity index is 637. The van der Waals surface area contributed by atoms with Gasteiger partial charge in [-0.25, -0.2) is 9.78 Å². The van der Waals surface area contributed by atoms with E-state index in [0.717, 1.165) is 11.0 Å². The zero-order valence-electron chi connectivity index (χ0n) is 11.6. The predicted molar refractivity (Wildman–Crippen MR) is 80.4 cm³/mol. The number of hydrogen-bond donors (Lipinski definition) is 0. The van der Waals surface area contributed by atoms with Crippen LogP contribution < -0.4 is 0 Å². The van der Waals surface area contributed by atoms with E-state index in [2.05, 4.69) is 4.98 Å². The molecule has 2 rings (SSSR count). The maximum atomic E-state index is 12.0. The number of nitrogens with zero attached hydrogens (tertiary/aromatic N) is 2. The largest absolute Gasteiger partial charge is 0.464 e. The van der Waals surface area contributed by atoms with Crippen molar-refractivity contribution in [1.29, 1.82) is 0 Å². The Morgan fingerprint density at radius 3 is 2.75 bits per heavy atom. The van der Waals surface area contributed by atoms with Gasteiger partial charge >= 0.3 is 5.97 Å². The van der Waals surface area contributed by atoms with Crippen molar-refractivity contribution in [2.45, 2.75) is 32.2 Å². The summed E-state index contributed by atoms with van der Waals surface area (Å²) in [6.07, 6.45) is 0. The van der Waals surface area contributed by atoms with Crippen LogP contribution in [0.3, 0.4) is 0 Å². The van der Waals surface area contributed by atoms with Crippen molar-refractivity contribution in [1.82, 2.24) is 9.55 Å². The van der Waals surface area contributed by atoms with Gasteiger partial charge in [-0.3, -0.25) is 0 Å². The van der Waals surface area contributed by atoms with Crippen molar-refractivity contribution in [2.24, 2.45) is 0 Å². The molecule has 0 spiro atoms. The molecule has 4 nitrogen and oxygen atoms in total. The second-order valence-electron chi connectivity index (χ2n) is 4.52. The molecule has 2 atom stereocenters. The monoisotopic (exact) mass is 314 g/mol. The van der Waals surface area contributed by atoms with Gasteiger partial charge in [-0.05, 0) is 39.0 Å². The molecule has 1 aromatic heterocycles. The maximum absolute atomic E-state index is 12.0. The van der Waals surface area contributed by atoms with E-state index in [9.17, 15) is 4.79 Å². The van der Waals surface area contributed by atoms with Crippen LogP contribution >= 0.6 is 23.2 Å². The third kappa shape index (κ3) is 2.76. The highest BCUT2D eigenvalue weighted by atomic mass is 35.5. The van der Waals surface area contributed by atoms with Crippen LogP contribution in [-0.4, -0.2) is 22.1 Å². The van der Waals surface area contributed by atoms with Crippen molar-refractivity contribution in [3.63, 3.8) is 0 Å². The fourth-order valence-electron chi connectivity index (χ4n) is 2.15. The van der Waals surface area contributed by atoms with Gasteiger partial charge in [0.05, 0.1) is 23.0 Å². The van der Waals surface area contributed by atoms with E-state index in [1.807, 2.05) is 13.0 Å². The first kappa shape index (κ1) is 15.1. The Labute approximate surface area is 127 Å². The van der Waals surface area contributed by atoms with Crippen LogP contribution in [0.5, 0.6) is 0 Å². The number of fused-ring (bicyclic) bond motifs is 1. The third-order valence-electron chi connectivity index (χ3n) is 3.05. The van der Waals surface area contributed by atoms with Gasteiger partial charge < -0.3 is 9.30 Å². The molecule has 0 saturated heterocycles. The Balaban J connectivity index is 2.59. The number of carbonyl (C=O) groups is 1. The van der Waals surface area contributed by atoms with Crippen LogP contribution in [0.2, 0.25) is 5.02 Å². The van der Waals surface area contributed by atoms with Crippen molar-refractivity contribution in [2.75, 3.05) is 6.61 Å². The zero-order chi connectivity index (χ0) is 14.9. The van der Waals surface area contributed by atoms with Gasteiger partial charge in [-0.1, -0.05) is 11.6 Å². The summed E-state index contributed by atoms with van der Waals surface area (Å²) in [5, 5.41) is 0.276. The normalized spacial score (nSPS) is 14.2. The maximum Gasteiger partial charge on any atom is 0.328 e. The second kappa shape index (κ2) is 6.02. The van der Waals surface area contributed by atoms with E-state index in [1.165, 1.54) is 0 Å². The van der Waals surface area contributed by atoms with E-state index in [0.29, 0.717) is 17.5 Å². The molecule has 0 aliphatic heterocycles. The third-order valence-corrected chi connectivity index (χ3v) is 3.48. The van der Waals surface area contributed by atoms with Gasteiger partial charge in [0.1, 0.15) is 11.9 Å². The highest BCUT2D eigenvalue weighted by molar-refractivity contribution is 6.31. The molecule has 2 aromatic rings. The lowest BCUT2D eigenvalue weighted by Crippen LogP contribution is -2.21. The predicted octanol–water partition coefficient (Wildman–Crippen LogP) is 4.11. The number of imidazole rings is 1. The number of alkyl halides is 1. The Hall–Kier alpha value is -1.26. The average Bonchev–Trinajstić information content (AvgIpc) is 2.76. The number of esters is 1. The van der Waals surface area contributed by atoms with Gasteiger partial charge in [-0.15, -0.1) is 11.6 Å². The summed E-state index contributed by atoms with van der Waals surface area (Å²) in [6, 6.07) is 4.87. The number of aromatic nitrogens is 2. The van der Waals surface area contributed by atoms with E-state index >= 15 is 0 Å². The van der Waals surface area contributed by atoms with Gasteiger partial charge in [0.25, 0.3) is 0 Å². The molecule has 0 N–H and O–H groups in total. The Morgan fingerprint density at radius 2 is 2.15 bits per heavy atom. The molecule has 2 unspecified atom stereocenters.